The third-order valence-electron chi connectivity index (χ3n) is 3.07. The molecule has 1 unspecified atom stereocenters. The molecular weight excluding hydrogens is 290 g/mol. The Morgan fingerprint density at radius 3 is 2.45 bits per heavy atom. The van der Waals surface area contributed by atoms with E-state index in [0.29, 0.717) is 5.69 Å². The van der Waals surface area contributed by atoms with Gasteiger partial charge in [-0.25, -0.2) is 4.98 Å². The molecule has 1 aromatic carbocycles. The first-order chi connectivity index (χ1) is 10.5. The number of nitrogens with one attached hydrogen (secondary N) is 1. The van der Waals surface area contributed by atoms with Crippen molar-refractivity contribution in [3.63, 3.8) is 0 Å². The molecule has 0 bridgehead atoms. The molecule has 0 spiro atoms. The molecule has 1 heterocycles. The van der Waals surface area contributed by atoms with E-state index in [9.17, 15) is 13.6 Å². The maximum atomic E-state index is 12.1. The summed E-state index contributed by atoms with van der Waals surface area (Å²) in [4.78, 5) is 16.2. The van der Waals surface area contributed by atoms with E-state index in [4.69, 9.17) is 0 Å². The lowest BCUT2D eigenvalue weighted by Crippen LogP contribution is -2.27. The number of nitrogens with zero attached hydrogens (tertiary/aromatic N) is 1. The summed E-state index contributed by atoms with van der Waals surface area (Å²) in [5.74, 6) is -0.207. The van der Waals surface area contributed by atoms with Gasteiger partial charge in [0.15, 0.2) is 0 Å². The lowest BCUT2D eigenvalue weighted by Gasteiger charge is -2.15. The Morgan fingerprint density at radius 2 is 1.86 bits per heavy atom. The van der Waals surface area contributed by atoms with Crippen molar-refractivity contribution in [2.45, 2.75) is 26.5 Å². The minimum absolute atomic E-state index is 0.0811. The van der Waals surface area contributed by atoms with Crippen LogP contribution in [-0.4, -0.2) is 17.5 Å². The van der Waals surface area contributed by atoms with E-state index in [1.54, 1.807) is 31.2 Å². The number of ether oxygens (including phenoxy) is 1. The molecule has 0 aliphatic rings. The van der Waals surface area contributed by atoms with Crippen LogP contribution in [0.4, 0.5) is 8.78 Å². The van der Waals surface area contributed by atoms with E-state index in [-0.39, 0.29) is 17.7 Å². The SMILES string of the molecule is Cc1cccc(C(=O)NC(C)c2ccc(OC(F)F)cc2)n1. The molecule has 0 aliphatic carbocycles. The molecule has 2 rings (SSSR count). The molecule has 0 aliphatic heterocycles. The average Bonchev–Trinajstić information content (AvgIpc) is 2.47. The van der Waals surface area contributed by atoms with Crippen LogP contribution < -0.4 is 10.1 Å². The predicted octanol–water partition coefficient (Wildman–Crippen LogP) is 3.48. The van der Waals surface area contributed by atoms with E-state index in [1.807, 2.05) is 13.0 Å². The first kappa shape index (κ1) is 15.9. The van der Waals surface area contributed by atoms with Gasteiger partial charge in [-0.15, -0.1) is 0 Å². The lowest BCUT2D eigenvalue weighted by molar-refractivity contribution is -0.0498. The second-order valence-electron chi connectivity index (χ2n) is 4.81. The van der Waals surface area contributed by atoms with Crippen LogP contribution in [-0.2, 0) is 0 Å². The Bertz CT molecular complexity index is 645. The van der Waals surface area contributed by atoms with E-state index < -0.39 is 6.61 Å². The number of amides is 1. The highest BCUT2D eigenvalue weighted by Crippen LogP contribution is 2.19. The summed E-state index contributed by atoms with van der Waals surface area (Å²) in [5, 5.41) is 2.81. The number of alkyl halides is 2. The van der Waals surface area contributed by atoms with Crippen molar-refractivity contribution in [2.75, 3.05) is 0 Å². The zero-order valence-corrected chi connectivity index (χ0v) is 12.2. The molecular formula is C16H16F2N2O2. The third-order valence-corrected chi connectivity index (χ3v) is 3.07. The lowest BCUT2D eigenvalue weighted by atomic mass is 10.1. The Labute approximate surface area is 127 Å². The minimum Gasteiger partial charge on any atom is -0.435 e. The molecule has 1 atom stereocenters. The van der Waals surface area contributed by atoms with Crippen molar-refractivity contribution in [2.24, 2.45) is 0 Å². The summed E-state index contributed by atoms with van der Waals surface area (Å²) < 4.78 is 28.5. The first-order valence-electron chi connectivity index (χ1n) is 6.75. The van der Waals surface area contributed by atoms with Crippen LogP contribution >= 0.6 is 0 Å². The highest BCUT2D eigenvalue weighted by Gasteiger charge is 2.13. The van der Waals surface area contributed by atoms with Gasteiger partial charge >= 0.3 is 6.61 Å². The maximum absolute atomic E-state index is 12.1. The van der Waals surface area contributed by atoms with Gasteiger partial charge in [0.1, 0.15) is 11.4 Å². The monoisotopic (exact) mass is 306 g/mol. The minimum atomic E-state index is -2.85. The molecule has 1 aromatic heterocycles. The van der Waals surface area contributed by atoms with Crippen LogP contribution in [0.1, 0.15) is 34.7 Å². The van der Waals surface area contributed by atoms with Crippen LogP contribution in [0.3, 0.4) is 0 Å². The van der Waals surface area contributed by atoms with Crippen molar-refractivity contribution in [1.82, 2.24) is 10.3 Å². The van der Waals surface area contributed by atoms with Gasteiger partial charge in [0.05, 0.1) is 6.04 Å². The fourth-order valence-corrected chi connectivity index (χ4v) is 1.96. The number of pyridine rings is 1. The van der Waals surface area contributed by atoms with Gasteiger partial charge in [-0.05, 0) is 43.7 Å². The van der Waals surface area contributed by atoms with Crippen molar-refractivity contribution in [3.05, 3.63) is 59.4 Å². The topological polar surface area (TPSA) is 51.2 Å². The molecule has 0 saturated heterocycles. The largest absolute Gasteiger partial charge is 0.435 e. The number of benzene rings is 1. The number of hydrogen-bond acceptors (Lipinski definition) is 3. The van der Waals surface area contributed by atoms with Crippen LogP contribution in [0.15, 0.2) is 42.5 Å². The van der Waals surface area contributed by atoms with Gasteiger partial charge in [0, 0.05) is 5.69 Å². The van der Waals surface area contributed by atoms with E-state index in [1.165, 1.54) is 12.1 Å². The van der Waals surface area contributed by atoms with E-state index in [2.05, 4.69) is 15.0 Å². The summed E-state index contributed by atoms with van der Waals surface area (Å²) in [6, 6.07) is 11.1. The number of halogens is 2. The summed E-state index contributed by atoms with van der Waals surface area (Å²) in [6.45, 7) is 0.758. The highest BCUT2D eigenvalue weighted by atomic mass is 19.3. The smallest absolute Gasteiger partial charge is 0.387 e. The van der Waals surface area contributed by atoms with Gasteiger partial charge < -0.3 is 10.1 Å². The van der Waals surface area contributed by atoms with Crippen LogP contribution in [0.25, 0.3) is 0 Å². The molecule has 0 fully saturated rings. The van der Waals surface area contributed by atoms with Crippen LogP contribution in [0.5, 0.6) is 5.75 Å². The zero-order valence-electron chi connectivity index (χ0n) is 12.2. The Balaban J connectivity index is 2.02. The van der Waals surface area contributed by atoms with Crippen molar-refractivity contribution >= 4 is 5.91 Å². The molecule has 1 amide bonds. The van der Waals surface area contributed by atoms with Crippen LogP contribution in [0, 0.1) is 6.92 Å². The standard InChI is InChI=1S/C16H16F2N2O2/c1-10-4-3-5-14(19-10)15(21)20-11(2)12-6-8-13(9-7-12)22-16(17)18/h3-9,11,16H,1-2H3,(H,20,21). The zero-order chi connectivity index (χ0) is 16.1. The molecule has 2 aromatic rings. The summed E-state index contributed by atoms with van der Waals surface area (Å²) in [5.41, 5.74) is 1.88. The molecule has 6 heteroatoms. The maximum Gasteiger partial charge on any atom is 0.387 e. The molecule has 4 nitrogen and oxygen atoms in total. The number of carbonyl (C=O) groups excluding carboxylic acids is 1. The number of hydrogen-bond donors (Lipinski definition) is 1. The summed E-state index contributed by atoms with van der Waals surface area (Å²) in [6.07, 6.45) is 0. The van der Waals surface area contributed by atoms with Gasteiger partial charge in [-0.2, -0.15) is 8.78 Å². The predicted molar refractivity (Wildman–Crippen MR) is 77.9 cm³/mol. The second kappa shape index (κ2) is 6.98. The fourth-order valence-electron chi connectivity index (χ4n) is 1.96. The number of aromatic nitrogens is 1. The Morgan fingerprint density at radius 1 is 1.18 bits per heavy atom. The number of carbonyl (C=O) groups is 1. The third kappa shape index (κ3) is 4.25. The van der Waals surface area contributed by atoms with E-state index >= 15 is 0 Å². The van der Waals surface area contributed by atoms with Gasteiger partial charge in [-0.1, -0.05) is 18.2 Å². The molecule has 22 heavy (non-hydrogen) atoms. The van der Waals surface area contributed by atoms with E-state index in [0.717, 1.165) is 11.3 Å². The number of aryl methyl sites for hydroxylation is 1. The van der Waals surface area contributed by atoms with Gasteiger partial charge in [-0.3, -0.25) is 4.79 Å². The quantitative estimate of drug-likeness (QED) is 0.920. The normalized spacial score (nSPS) is 12.0. The Kier molecular flexibility index (Phi) is 5.04. The fraction of sp³-hybridized carbons (Fsp3) is 0.250. The summed E-state index contributed by atoms with van der Waals surface area (Å²) in [7, 11) is 0. The molecule has 0 radical (unpaired) electrons. The van der Waals surface area contributed by atoms with Crippen molar-refractivity contribution < 1.29 is 18.3 Å². The highest BCUT2D eigenvalue weighted by molar-refractivity contribution is 5.92. The molecule has 116 valence electrons. The van der Waals surface area contributed by atoms with Gasteiger partial charge in [0.2, 0.25) is 0 Å². The second-order valence-corrected chi connectivity index (χ2v) is 4.81. The summed E-state index contributed by atoms with van der Waals surface area (Å²) >= 11 is 0. The molecule has 1 N–H and O–H groups in total. The average molecular weight is 306 g/mol. The van der Waals surface area contributed by atoms with Crippen molar-refractivity contribution in [1.29, 1.82) is 0 Å². The van der Waals surface area contributed by atoms with Crippen LogP contribution in [0.2, 0.25) is 0 Å². The molecule has 0 saturated carbocycles. The number of rotatable bonds is 5. The van der Waals surface area contributed by atoms with Gasteiger partial charge in [0.25, 0.3) is 5.91 Å². The Hall–Kier alpha value is -2.50. The first-order valence-corrected chi connectivity index (χ1v) is 6.75. The van der Waals surface area contributed by atoms with Crippen molar-refractivity contribution in [3.8, 4) is 5.75 Å².